The van der Waals surface area contributed by atoms with Crippen molar-refractivity contribution in [1.82, 2.24) is 4.90 Å². The van der Waals surface area contributed by atoms with Crippen LogP contribution in [0.4, 0.5) is 0 Å². The number of aliphatic hydroxyl groups is 1. The number of aliphatic hydroxyl groups excluding tert-OH is 1. The number of hydrogen-bond acceptors (Lipinski definition) is 3. The Balaban J connectivity index is 1.60. The van der Waals surface area contributed by atoms with Crippen LogP contribution >= 0.6 is 0 Å². The Morgan fingerprint density at radius 1 is 1.14 bits per heavy atom. The van der Waals surface area contributed by atoms with Crippen LogP contribution < -0.4 is 0 Å². The number of nitrogens with zero attached hydrogens (tertiary/aromatic N) is 1. The lowest BCUT2D eigenvalue weighted by atomic mass is 10.0. The van der Waals surface area contributed by atoms with Crippen molar-refractivity contribution in [3.8, 4) is 0 Å². The molecule has 0 amide bonds. The summed E-state index contributed by atoms with van der Waals surface area (Å²) in [4.78, 5) is 2.52. The Bertz CT molecular complexity index is 163. The fourth-order valence-corrected chi connectivity index (χ4v) is 2.88. The summed E-state index contributed by atoms with van der Waals surface area (Å²) < 4.78 is 5.28. The van der Waals surface area contributed by atoms with Crippen LogP contribution in [0.5, 0.6) is 0 Å². The first kappa shape index (κ1) is 10.4. The minimum absolute atomic E-state index is 0.144. The molecule has 3 heteroatoms. The molecule has 3 nitrogen and oxygen atoms in total. The number of likely N-dealkylation sites (tertiary alicyclic amines) is 1. The van der Waals surface area contributed by atoms with Crippen molar-refractivity contribution < 1.29 is 9.84 Å². The molecule has 82 valence electrons. The summed E-state index contributed by atoms with van der Waals surface area (Å²) in [6, 6.07) is 0. The van der Waals surface area contributed by atoms with Crippen LogP contribution in [0.3, 0.4) is 0 Å². The average Bonchev–Trinajstić information content (AvgIpc) is 2.72. The second-order valence-corrected chi connectivity index (χ2v) is 4.55. The lowest BCUT2D eigenvalue weighted by Crippen LogP contribution is -2.26. The summed E-state index contributed by atoms with van der Waals surface area (Å²) >= 11 is 0. The van der Waals surface area contributed by atoms with E-state index in [0.717, 1.165) is 25.0 Å². The second-order valence-electron chi connectivity index (χ2n) is 4.55. The minimum Gasteiger partial charge on any atom is -0.394 e. The van der Waals surface area contributed by atoms with E-state index in [9.17, 15) is 0 Å². The van der Waals surface area contributed by atoms with Crippen LogP contribution in [0.1, 0.15) is 19.3 Å². The summed E-state index contributed by atoms with van der Waals surface area (Å²) in [6.07, 6.45) is 4.33. The van der Waals surface area contributed by atoms with E-state index in [4.69, 9.17) is 9.84 Å². The van der Waals surface area contributed by atoms with Gasteiger partial charge in [-0.2, -0.15) is 0 Å². The molecule has 1 heterocycles. The Labute approximate surface area is 86.0 Å². The molecule has 1 saturated carbocycles. The number of fused-ring (bicyclic) bond motifs is 1. The Morgan fingerprint density at radius 3 is 2.50 bits per heavy atom. The number of rotatable bonds is 5. The van der Waals surface area contributed by atoms with E-state index in [-0.39, 0.29) is 6.61 Å². The topological polar surface area (TPSA) is 32.7 Å². The largest absolute Gasteiger partial charge is 0.394 e. The molecule has 0 aromatic carbocycles. The molecule has 0 aromatic heterocycles. The van der Waals surface area contributed by atoms with Gasteiger partial charge in [-0.25, -0.2) is 0 Å². The van der Waals surface area contributed by atoms with Crippen LogP contribution in [-0.4, -0.2) is 49.5 Å². The summed E-state index contributed by atoms with van der Waals surface area (Å²) in [7, 11) is 0. The molecule has 2 aliphatic rings. The van der Waals surface area contributed by atoms with Crippen molar-refractivity contribution in [2.24, 2.45) is 11.8 Å². The van der Waals surface area contributed by atoms with Crippen molar-refractivity contribution in [1.29, 1.82) is 0 Å². The molecular weight excluding hydrogens is 178 g/mol. The Hall–Kier alpha value is -0.120. The maximum atomic E-state index is 8.55. The molecule has 2 rings (SSSR count). The third kappa shape index (κ3) is 2.47. The minimum atomic E-state index is 0.144. The predicted octanol–water partition coefficient (Wildman–Crippen LogP) is 0.727. The normalized spacial score (nSPS) is 32.4. The fourth-order valence-electron chi connectivity index (χ4n) is 2.88. The maximum Gasteiger partial charge on any atom is 0.0698 e. The zero-order valence-corrected chi connectivity index (χ0v) is 8.82. The van der Waals surface area contributed by atoms with E-state index in [2.05, 4.69) is 4.90 Å². The average molecular weight is 199 g/mol. The molecule has 1 aliphatic heterocycles. The van der Waals surface area contributed by atoms with Gasteiger partial charge in [-0.15, -0.1) is 0 Å². The number of hydrogen-bond donors (Lipinski definition) is 1. The van der Waals surface area contributed by atoms with E-state index < -0.39 is 0 Å². The summed E-state index contributed by atoms with van der Waals surface area (Å²) in [5.41, 5.74) is 0. The molecule has 1 saturated heterocycles. The molecular formula is C11H21NO2. The Morgan fingerprint density at radius 2 is 1.86 bits per heavy atom. The van der Waals surface area contributed by atoms with Crippen molar-refractivity contribution in [2.45, 2.75) is 19.3 Å². The first-order valence-electron chi connectivity index (χ1n) is 5.81. The van der Waals surface area contributed by atoms with E-state index in [1.54, 1.807) is 0 Å². The van der Waals surface area contributed by atoms with Gasteiger partial charge in [0.15, 0.2) is 0 Å². The van der Waals surface area contributed by atoms with E-state index in [1.165, 1.54) is 32.4 Å². The first-order chi connectivity index (χ1) is 6.90. The standard InChI is InChI=1S/C11H21NO2/c13-5-7-14-6-4-12-8-10-2-1-3-11(10)9-12/h10-11,13H,1-9H2. The van der Waals surface area contributed by atoms with Gasteiger partial charge in [0.25, 0.3) is 0 Å². The lowest BCUT2D eigenvalue weighted by Gasteiger charge is -2.16. The molecule has 0 spiro atoms. The molecule has 1 aliphatic carbocycles. The Kier molecular flexibility index (Phi) is 3.79. The SMILES string of the molecule is OCCOCCN1CC2CCCC2C1. The monoisotopic (exact) mass is 199 g/mol. The molecule has 0 aromatic rings. The molecule has 14 heavy (non-hydrogen) atoms. The zero-order valence-electron chi connectivity index (χ0n) is 8.82. The second kappa shape index (κ2) is 5.10. The predicted molar refractivity (Wildman–Crippen MR) is 55.2 cm³/mol. The molecule has 2 unspecified atom stereocenters. The highest BCUT2D eigenvalue weighted by molar-refractivity contribution is 4.88. The summed E-state index contributed by atoms with van der Waals surface area (Å²) in [5.74, 6) is 1.96. The van der Waals surface area contributed by atoms with Crippen LogP contribution in [0.2, 0.25) is 0 Å². The van der Waals surface area contributed by atoms with Crippen LogP contribution in [0.25, 0.3) is 0 Å². The van der Waals surface area contributed by atoms with E-state index in [1.807, 2.05) is 0 Å². The molecule has 0 bridgehead atoms. The fraction of sp³-hybridized carbons (Fsp3) is 1.00. The molecule has 1 N–H and O–H groups in total. The van der Waals surface area contributed by atoms with Gasteiger partial charge in [0.2, 0.25) is 0 Å². The highest BCUT2D eigenvalue weighted by Gasteiger charge is 2.35. The van der Waals surface area contributed by atoms with Gasteiger partial charge in [0.05, 0.1) is 19.8 Å². The number of ether oxygens (including phenoxy) is 1. The van der Waals surface area contributed by atoms with Crippen LogP contribution in [0.15, 0.2) is 0 Å². The van der Waals surface area contributed by atoms with Crippen molar-refractivity contribution in [2.75, 3.05) is 39.5 Å². The van der Waals surface area contributed by atoms with Gasteiger partial charge in [0.1, 0.15) is 0 Å². The third-order valence-electron chi connectivity index (χ3n) is 3.59. The van der Waals surface area contributed by atoms with Gasteiger partial charge in [-0.05, 0) is 24.7 Å². The van der Waals surface area contributed by atoms with Crippen molar-refractivity contribution in [3.63, 3.8) is 0 Å². The van der Waals surface area contributed by atoms with Crippen LogP contribution in [-0.2, 0) is 4.74 Å². The van der Waals surface area contributed by atoms with Crippen LogP contribution in [0, 0.1) is 11.8 Å². The lowest BCUT2D eigenvalue weighted by molar-refractivity contribution is 0.0767. The third-order valence-corrected chi connectivity index (χ3v) is 3.59. The summed E-state index contributed by atoms with van der Waals surface area (Å²) in [6.45, 7) is 5.03. The van der Waals surface area contributed by atoms with E-state index in [0.29, 0.717) is 6.61 Å². The summed E-state index contributed by atoms with van der Waals surface area (Å²) in [5, 5.41) is 8.55. The first-order valence-corrected chi connectivity index (χ1v) is 5.81. The smallest absolute Gasteiger partial charge is 0.0698 e. The molecule has 2 atom stereocenters. The van der Waals surface area contributed by atoms with Gasteiger partial charge < -0.3 is 14.7 Å². The molecule has 2 fully saturated rings. The van der Waals surface area contributed by atoms with Gasteiger partial charge in [0, 0.05) is 19.6 Å². The molecule has 0 radical (unpaired) electrons. The highest BCUT2D eigenvalue weighted by Crippen LogP contribution is 2.37. The van der Waals surface area contributed by atoms with Gasteiger partial charge in [-0.3, -0.25) is 0 Å². The van der Waals surface area contributed by atoms with E-state index >= 15 is 0 Å². The van der Waals surface area contributed by atoms with Crippen molar-refractivity contribution >= 4 is 0 Å². The maximum absolute atomic E-state index is 8.55. The van der Waals surface area contributed by atoms with Gasteiger partial charge in [-0.1, -0.05) is 6.42 Å². The quantitative estimate of drug-likeness (QED) is 0.662. The highest BCUT2D eigenvalue weighted by atomic mass is 16.5. The zero-order chi connectivity index (χ0) is 9.80. The van der Waals surface area contributed by atoms with Gasteiger partial charge >= 0.3 is 0 Å². The van der Waals surface area contributed by atoms with Crippen molar-refractivity contribution in [3.05, 3.63) is 0 Å².